The number of hydrogen-bond acceptors (Lipinski definition) is 9. The quantitative estimate of drug-likeness (QED) is 0.0729. The number of ether oxygens (including phenoxy) is 3. The lowest BCUT2D eigenvalue weighted by Gasteiger charge is -2.11. The SMILES string of the molecule is C1CCOC1.CCCc1c(OCCCBr)ccc2c(C(F)(F)F)noc12.CCCc1c(OCCCNCC)ccc2c(C(F)(F)F)noc12.CCN. The number of fused-ring (bicyclic) bond motifs is 2. The minimum atomic E-state index is -4.52. The Bertz CT molecular complexity index is 1570. The summed E-state index contributed by atoms with van der Waals surface area (Å²) >= 11 is 3.30. The van der Waals surface area contributed by atoms with Crippen molar-refractivity contribution in [2.75, 3.05) is 51.4 Å². The van der Waals surface area contributed by atoms with Gasteiger partial charge in [0.25, 0.3) is 0 Å². The smallest absolute Gasteiger partial charge is 0.437 e. The lowest BCUT2D eigenvalue weighted by Crippen LogP contribution is -2.16. The van der Waals surface area contributed by atoms with Gasteiger partial charge in [-0.2, -0.15) is 26.3 Å². The standard InChI is InChI=1S/C16H21F3N2O2.C14H15BrF3NO2.C4H8O.C2H7N/c1-3-6-11-13(22-10-5-9-20-4-2)8-7-12-14(11)23-21-15(12)16(17,18)19;1-2-4-9-11(20-8-3-7-15)6-5-10-12(9)21-19-13(10)14(16,17)18;1-2-4-5-3-1;1-2-3/h7-8,20H,3-6,9-10H2,1-2H3;5-6H,2-4,7-8H2,1H3;1-4H2;2-3H2,1H3. The average Bonchev–Trinajstić information content (AvgIpc) is 3.89. The van der Waals surface area contributed by atoms with Crippen LogP contribution in [0.25, 0.3) is 21.9 Å². The van der Waals surface area contributed by atoms with E-state index in [9.17, 15) is 26.3 Å². The third-order valence-electron chi connectivity index (χ3n) is 7.31. The first kappa shape index (κ1) is 45.1. The lowest BCUT2D eigenvalue weighted by molar-refractivity contribution is -0.142. The summed E-state index contributed by atoms with van der Waals surface area (Å²) in [6.07, 6.45) is -2.16. The van der Waals surface area contributed by atoms with E-state index >= 15 is 0 Å². The van der Waals surface area contributed by atoms with E-state index in [1.807, 2.05) is 27.7 Å². The number of rotatable bonds is 14. The normalized spacial score (nSPS) is 12.8. The number of aryl methyl sites for hydroxylation is 2. The molecule has 5 rings (SSSR count). The van der Waals surface area contributed by atoms with Crippen molar-refractivity contribution in [1.82, 2.24) is 15.6 Å². The van der Waals surface area contributed by atoms with Gasteiger partial charge in [0.1, 0.15) is 11.5 Å². The van der Waals surface area contributed by atoms with Crippen LogP contribution in [-0.4, -0.2) is 61.7 Å². The van der Waals surface area contributed by atoms with Gasteiger partial charge < -0.3 is 34.3 Å². The molecule has 3 N–H and O–H groups in total. The van der Waals surface area contributed by atoms with Crippen molar-refractivity contribution in [2.45, 2.75) is 91.4 Å². The summed E-state index contributed by atoms with van der Waals surface area (Å²) in [5, 5.41) is 10.4. The molecule has 0 spiro atoms. The van der Waals surface area contributed by atoms with Crippen LogP contribution in [0.15, 0.2) is 33.3 Å². The van der Waals surface area contributed by atoms with Gasteiger partial charge in [0.2, 0.25) is 0 Å². The summed E-state index contributed by atoms with van der Waals surface area (Å²) in [4.78, 5) is 0. The molecule has 1 aliphatic rings. The maximum Gasteiger partial charge on any atom is 0.437 e. The van der Waals surface area contributed by atoms with Crippen LogP contribution in [0.1, 0.15) is 88.7 Å². The van der Waals surface area contributed by atoms with Crippen LogP contribution in [-0.2, 0) is 29.9 Å². The number of nitrogens with one attached hydrogen (secondary N) is 1. The first-order chi connectivity index (χ1) is 24.9. The summed E-state index contributed by atoms with van der Waals surface area (Å²) < 4.78 is 104. The minimum absolute atomic E-state index is 0.0130. The molecule has 0 aliphatic carbocycles. The highest BCUT2D eigenvalue weighted by Crippen LogP contribution is 2.39. The zero-order chi connectivity index (χ0) is 38.6. The fourth-order valence-electron chi connectivity index (χ4n) is 5.04. The van der Waals surface area contributed by atoms with Gasteiger partial charge in [-0.3, -0.25) is 0 Å². The molecule has 3 heterocycles. The molecule has 0 radical (unpaired) electrons. The molecule has 294 valence electrons. The molecule has 9 nitrogen and oxygen atoms in total. The number of halogens is 7. The van der Waals surface area contributed by atoms with Gasteiger partial charge in [0.15, 0.2) is 22.6 Å². The van der Waals surface area contributed by atoms with Crippen LogP contribution in [0.5, 0.6) is 11.5 Å². The maximum atomic E-state index is 12.9. The topological polar surface area (TPSA) is 118 Å². The Morgan fingerprint density at radius 1 is 0.750 bits per heavy atom. The molecule has 1 saturated heterocycles. The summed E-state index contributed by atoms with van der Waals surface area (Å²) in [5.74, 6) is 1.14. The van der Waals surface area contributed by atoms with Crippen molar-refractivity contribution >= 4 is 37.9 Å². The number of nitrogens with two attached hydrogens (primary N) is 1. The first-order valence-corrected chi connectivity index (χ1v) is 18.8. The molecular formula is C36H51BrF6N4O5. The molecule has 0 bridgehead atoms. The van der Waals surface area contributed by atoms with E-state index in [2.05, 4.69) is 31.6 Å². The van der Waals surface area contributed by atoms with E-state index in [1.165, 1.54) is 25.0 Å². The predicted molar refractivity (Wildman–Crippen MR) is 193 cm³/mol. The Hall–Kier alpha value is -3.08. The van der Waals surface area contributed by atoms with Gasteiger partial charge in [-0.25, -0.2) is 0 Å². The molecule has 2 aromatic heterocycles. The largest absolute Gasteiger partial charge is 0.493 e. The van der Waals surface area contributed by atoms with Gasteiger partial charge >= 0.3 is 12.4 Å². The molecule has 1 fully saturated rings. The van der Waals surface area contributed by atoms with E-state index in [1.54, 1.807) is 12.1 Å². The second-order valence-electron chi connectivity index (χ2n) is 11.6. The Balaban J connectivity index is 0.000000298. The third kappa shape index (κ3) is 14.0. The van der Waals surface area contributed by atoms with E-state index in [0.29, 0.717) is 48.7 Å². The monoisotopic (exact) mass is 812 g/mol. The van der Waals surface area contributed by atoms with Gasteiger partial charge in [-0.05, 0) is 82.4 Å². The van der Waals surface area contributed by atoms with E-state index in [0.717, 1.165) is 63.9 Å². The maximum absolute atomic E-state index is 12.9. The summed E-state index contributed by atoms with van der Waals surface area (Å²) in [6.45, 7) is 13.3. The zero-order valence-corrected chi connectivity index (χ0v) is 31.9. The predicted octanol–water partition coefficient (Wildman–Crippen LogP) is 9.90. The van der Waals surface area contributed by atoms with Crippen molar-refractivity contribution in [3.63, 3.8) is 0 Å². The fraction of sp³-hybridized carbons (Fsp3) is 0.611. The summed E-state index contributed by atoms with van der Waals surface area (Å²) in [7, 11) is 0. The summed E-state index contributed by atoms with van der Waals surface area (Å²) in [6, 6.07) is 5.87. The highest BCUT2D eigenvalue weighted by Gasteiger charge is 2.38. The lowest BCUT2D eigenvalue weighted by atomic mass is 10.0. The second-order valence-corrected chi connectivity index (χ2v) is 12.4. The van der Waals surface area contributed by atoms with Crippen molar-refractivity contribution in [2.24, 2.45) is 5.73 Å². The van der Waals surface area contributed by atoms with Crippen molar-refractivity contribution in [3.8, 4) is 11.5 Å². The molecule has 2 aromatic carbocycles. The Labute approximate surface area is 309 Å². The van der Waals surface area contributed by atoms with Crippen LogP contribution in [0, 0.1) is 0 Å². The average molecular weight is 814 g/mol. The van der Waals surface area contributed by atoms with E-state index in [-0.39, 0.29) is 21.9 Å². The number of alkyl halides is 7. The highest BCUT2D eigenvalue weighted by molar-refractivity contribution is 9.09. The molecule has 52 heavy (non-hydrogen) atoms. The van der Waals surface area contributed by atoms with Gasteiger partial charge in [-0.15, -0.1) is 0 Å². The Kier molecular flexibility index (Phi) is 20.4. The van der Waals surface area contributed by atoms with Crippen molar-refractivity contribution in [1.29, 1.82) is 0 Å². The summed E-state index contributed by atoms with van der Waals surface area (Å²) in [5.41, 5.74) is 4.51. The third-order valence-corrected chi connectivity index (χ3v) is 7.87. The van der Waals surface area contributed by atoms with Gasteiger partial charge in [0, 0.05) is 29.7 Å². The molecule has 0 atom stereocenters. The zero-order valence-electron chi connectivity index (χ0n) is 30.3. The van der Waals surface area contributed by atoms with Crippen LogP contribution in [0.3, 0.4) is 0 Å². The minimum Gasteiger partial charge on any atom is -0.493 e. The Morgan fingerprint density at radius 3 is 1.54 bits per heavy atom. The van der Waals surface area contributed by atoms with Crippen LogP contribution in [0.4, 0.5) is 26.3 Å². The number of aromatic nitrogens is 2. The number of hydrogen-bond donors (Lipinski definition) is 2. The molecule has 1 aliphatic heterocycles. The number of nitrogens with zero attached hydrogens (tertiary/aromatic N) is 2. The molecule has 0 unspecified atom stereocenters. The van der Waals surface area contributed by atoms with Crippen molar-refractivity contribution < 1.29 is 49.6 Å². The van der Waals surface area contributed by atoms with E-state index in [4.69, 9.17) is 29.0 Å². The van der Waals surface area contributed by atoms with Crippen LogP contribution < -0.4 is 20.5 Å². The molecule has 0 amide bonds. The van der Waals surface area contributed by atoms with E-state index < -0.39 is 23.7 Å². The number of benzene rings is 2. The van der Waals surface area contributed by atoms with Crippen LogP contribution in [0.2, 0.25) is 0 Å². The molecule has 16 heteroatoms. The van der Waals surface area contributed by atoms with Crippen LogP contribution >= 0.6 is 15.9 Å². The van der Waals surface area contributed by atoms with Gasteiger partial charge in [-0.1, -0.05) is 66.8 Å². The molecule has 0 saturated carbocycles. The fourth-order valence-corrected chi connectivity index (χ4v) is 5.27. The first-order valence-electron chi connectivity index (χ1n) is 17.7. The Morgan fingerprint density at radius 2 is 1.19 bits per heavy atom. The molecule has 4 aromatic rings. The van der Waals surface area contributed by atoms with Gasteiger partial charge in [0.05, 0.1) is 24.0 Å². The molecular weight excluding hydrogens is 762 g/mol. The highest BCUT2D eigenvalue weighted by atomic mass is 79.9. The van der Waals surface area contributed by atoms with Crippen molar-refractivity contribution in [3.05, 3.63) is 46.8 Å². The second kappa shape index (κ2) is 23.6.